The average Bonchev–Trinajstić information content (AvgIpc) is 2.89. The largest absolute Gasteiger partial charge is 0.493 e. The summed E-state index contributed by atoms with van der Waals surface area (Å²) >= 11 is 0. The van der Waals surface area contributed by atoms with Crippen LogP contribution in [-0.2, 0) is 4.79 Å². The van der Waals surface area contributed by atoms with Crippen LogP contribution in [0.4, 0.5) is 5.82 Å². The van der Waals surface area contributed by atoms with E-state index in [2.05, 4.69) is 10.3 Å². The van der Waals surface area contributed by atoms with E-state index in [9.17, 15) is 4.79 Å². The Morgan fingerprint density at radius 3 is 2.39 bits per heavy atom. The van der Waals surface area contributed by atoms with Crippen LogP contribution in [-0.4, -0.2) is 32.2 Å². The highest BCUT2D eigenvalue weighted by Crippen LogP contribution is 2.40. The van der Waals surface area contributed by atoms with E-state index in [1.54, 1.807) is 51.8 Å². The van der Waals surface area contributed by atoms with Crippen LogP contribution >= 0.6 is 0 Å². The summed E-state index contributed by atoms with van der Waals surface area (Å²) in [5.74, 6) is 1.95. The van der Waals surface area contributed by atoms with Gasteiger partial charge in [-0.1, -0.05) is 0 Å². The van der Waals surface area contributed by atoms with Crippen LogP contribution in [0.1, 0.15) is 11.1 Å². The zero-order valence-electron chi connectivity index (χ0n) is 13.0. The van der Waals surface area contributed by atoms with Crippen molar-refractivity contribution in [1.82, 2.24) is 4.98 Å². The van der Waals surface area contributed by atoms with Gasteiger partial charge in [0.25, 0.3) is 5.91 Å². The number of rotatable bonds is 4. The molecule has 2 heterocycles. The molecule has 0 spiro atoms. The topological polar surface area (TPSA) is 69.7 Å². The van der Waals surface area contributed by atoms with Gasteiger partial charge in [0.1, 0.15) is 5.82 Å². The van der Waals surface area contributed by atoms with Crippen molar-refractivity contribution >= 4 is 23.4 Å². The lowest BCUT2D eigenvalue weighted by Gasteiger charge is -2.13. The third-order valence-electron chi connectivity index (χ3n) is 3.57. The molecular formula is C17H16N2O4. The van der Waals surface area contributed by atoms with Crippen LogP contribution in [0.2, 0.25) is 0 Å². The van der Waals surface area contributed by atoms with E-state index in [1.165, 1.54) is 0 Å². The maximum Gasteiger partial charge on any atom is 0.257 e. The van der Waals surface area contributed by atoms with Crippen molar-refractivity contribution in [2.45, 2.75) is 0 Å². The number of fused-ring (bicyclic) bond motifs is 1. The van der Waals surface area contributed by atoms with Crippen LogP contribution in [0.3, 0.4) is 0 Å². The predicted octanol–water partition coefficient (Wildman–Crippen LogP) is 2.60. The maximum absolute atomic E-state index is 12.2. The Kier molecular flexibility index (Phi) is 3.89. The maximum atomic E-state index is 12.2. The zero-order valence-corrected chi connectivity index (χ0v) is 13.0. The molecule has 0 fully saturated rings. The lowest BCUT2D eigenvalue weighted by molar-refractivity contribution is -0.110. The smallest absolute Gasteiger partial charge is 0.257 e. The first-order valence-corrected chi connectivity index (χ1v) is 6.96. The summed E-state index contributed by atoms with van der Waals surface area (Å²) in [7, 11) is 4.65. The normalized spacial score (nSPS) is 14.4. The number of hydrogen-bond acceptors (Lipinski definition) is 5. The molecule has 23 heavy (non-hydrogen) atoms. The van der Waals surface area contributed by atoms with E-state index < -0.39 is 0 Å². The molecule has 1 aliphatic rings. The molecule has 6 nitrogen and oxygen atoms in total. The van der Waals surface area contributed by atoms with Gasteiger partial charge in [-0.05, 0) is 35.9 Å². The number of amides is 1. The molecule has 0 unspecified atom stereocenters. The third kappa shape index (κ3) is 2.59. The van der Waals surface area contributed by atoms with E-state index in [0.717, 1.165) is 11.1 Å². The molecule has 6 heteroatoms. The van der Waals surface area contributed by atoms with Gasteiger partial charge in [0.2, 0.25) is 5.75 Å². The summed E-state index contributed by atoms with van der Waals surface area (Å²) in [5, 5.41) is 2.74. The summed E-state index contributed by atoms with van der Waals surface area (Å²) in [5.41, 5.74) is 2.08. The molecule has 0 saturated heterocycles. The van der Waals surface area contributed by atoms with E-state index in [4.69, 9.17) is 14.2 Å². The fourth-order valence-electron chi connectivity index (χ4n) is 2.51. The third-order valence-corrected chi connectivity index (χ3v) is 3.57. The number of carbonyl (C=O) groups is 1. The Morgan fingerprint density at radius 2 is 1.78 bits per heavy atom. The fourth-order valence-corrected chi connectivity index (χ4v) is 2.51. The molecule has 1 amide bonds. The van der Waals surface area contributed by atoms with Crippen molar-refractivity contribution in [1.29, 1.82) is 0 Å². The molecule has 0 atom stereocenters. The molecule has 3 rings (SSSR count). The highest BCUT2D eigenvalue weighted by molar-refractivity contribution is 6.34. The minimum absolute atomic E-state index is 0.188. The van der Waals surface area contributed by atoms with Crippen LogP contribution in [0, 0.1) is 0 Å². The Hall–Kier alpha value is -3.02. The number of carbonyl (C=O) groups excluding carboxylic acids is 1. The monoisotopic (exact) mass is 312 g/mol. The standard InChI is InChI=1S/C17H16N2O4/c1-21-13-8-10(9-14(22-2)15(13)23-3)7-12-11-5-4-6-18-16(11)19-17(12)20/h4-9H,1-3H3,(H,18,19,20)/b12-7+. The molecule has 1 aromatic heterocycles. The number of nitrogens with zero attached hydrogens (tertiary/aromatic N) is 1. The van der Waals surface area contributed by atoms with E-state index in [1.807, 2.05) is 6.07 Å². The number of ether oxygens (including phenoxy) is 3. The number of anilines is 1. The second-order valence-electron chi connectivity index (χ2n) is 4.87. The van der Waals surface area contributed by atoms with Gasteiger partial charge in [-0.3, -0.25) is 4.79 Å². The van der Waals surface area contributed by atoms with E-state index >= 15 is 0 Å². The lowest BCUT2D eigenvalue weighted by Crippen LogP contribution is -2.04. The molecule has 1 aromatic carbocycles. The van der Waals surface area contributed by atoms with Crippen molar-refractivity contribution in [2.24, 2.45) is 0 Å². The second-order valence-corrected chi connectivity index (χ2v) is 4.87. The number of benzene rings is 1. The van der Waals surface area contributed by atoms with Crippen LogP contribution < -0.4 is 19.5 Å². The molecule has 1 N–H and O–H groups in total. The van der Waals surface area contributed by atoms with E-state index in [0.29, 0.717) is 28.6 Å². The fraction of sp³-hybridized carbons (Fsp3) is 0.176. The van der Waals surface area contributed by atoms with Gasteiger partial charge in [0, 0.05) is 11.8 Å². The van der Waals surface area contributed by atoms with Crippen molar-refractivity contribution < 1.29 is 19.0 Å². The predicted molar refractivity (Wildman–Crippen MR) is 86.8 cm³/mol. The Morgan fingerprint density at radius 1 is 1.09 bits per heavy atom. The summed E-state index contributed by atoms with van der Waals surface area (Å²) in [6.45, 7) is 0. The van der Waals surface area contributed by atoms with Gasteiger partial charge < -0.3 is 19.5 Å². The van der Waals surface area contributed by atoms with Gasteiger partial charge in [0.15, 0.2) is 11.5 Å². The first-order valence-electron chi connectivity index (χ1n) is 6.96. The highest BCUT2D eigenvalue weighted by atomic mass is 16.5. The number of aromatic nitrogens is 1. The number of pyridine rings is 1. The van der Waals surface area contributed by atoms with Crippen molar-refractivity contribution in [3.63, 3.8) is 0 Å². The molecule has 0 aliphatic carbocycles. The summed E-state index contributed by atoms with van der Waals surface area (Å²) < 4.78 is 16.0. The van der Waals surface area contributed by atoms with Gasteiger partial charge in [-0.2, -0.15) is 0 Å². The molecule has 0 bridgehead atoms. The quantitative estimate of drug-likeness (QED) is 0.879. The summed E-state index contributed by atoms with van der Waals surface area (Å²) in [4.78, 5) is 16.3. The molecule has 118 valence electrons. The SMILES string of the molecule is COc1cc(/C=C2/C(=O)Nc3ncccc32)cc(OC)c1OC. The Balaban J connectivity index is 2.11. The summed E-state index contributed by atoms with van der Waals surface area (Å²) in [6.07, 6.45) is 3.41. The van der Waals surface area contributed by atoms with Gasteiger partial charge in [0.05, 0.1) is 26.9 Å². The van der Waals surface area contributed by atoms with Gasteiger partial charge in [-0.15, -0.1) is 0 Å². The number of methoxy groups -OCH3 is 3. The minimum atomic E-state index is -0.188. The molecule has 1 aliphatic heterocycles. The Labute approximate surface area is 133 Å². The number of nitrogens with one attached hydrogen (secondary N) is 1. The van der Waals surface area contributed by atoms with Crippen molar-refractivity contribution in [2.75, 3.05) is 26.6 Å². The molecule has 2 aromatic rings. The minimum Gasteiger partial charge on any atom is -0.493 e. The Bertz CT molecular complexity index is 774. The first-order chi connectivity index (χ1) is 11.2. The van der Waals surface area contributed by atoms with Crippen LogP contribution in [0.15, 0.2) is 30.5 Å². The van der Waals surface area contributed by atoms with Gasteiger partial charge in [-0.25, -0.2) is 4.98 Å². The van der Waals surface area contributed by atoms with Crippen LogP contribution in [0.5, 0.6) is 17.2 Å². The zero-order chi connectivity index (χ0) is 16.4. The van der Waals surface area contributed by atoms with Crippen molar-refractivity contribution in [3.8, 4) is 17.2 Å². The second kappa shape index (κ2) is 6.00. The first kappa shape index (κ1) is 14.9. The lowest BCUT2D eigenvalue weighted by atomic mass is 10.0. The highest BCUT2D eigenvalue weighted by Gasteiger charge is 2.25. The van der Waals surface area contributed by atoms with Gasteiger partial charge >= 0.3 is 0 Å². The summed E-state index contributed by atoms with van der Waals surface area (Å²) in [6, 6.07) is 7.22. The molecular weight excluding hydrogens is 296 g/mol. The van der Waals surface area contributed by atoms with Crippen molar-refractivity contribution in [3.05, 3.63) is 41.6 Å². The molecule has 0 radical (unpaired) electrons. The average molecular weight is 312 g/mol. The number of hydrogen-bond donors (Lipinski definition) is 1. The molecule has 0 saturated carbocycles. The van der Waals surface area contributed by atoms with Crippen LogP contribution in [0.25, 0.3) is 11.6 Å². The van der Waals surface area contributed by atoms with E-state index in [-0.39, 0.29) is 5.91 Å².